The highest BCUT2D eigenvalue weighted by Crippen LogP contribution is 2.19. The van der Waals surface area contributed by atoms with Crippen molar-refractivity contribution in [2.24, 2.45) is 0 Å². The Balaban J connectivity index is 1.79. The first-order valence-corrected chi connectivity index (χ1v) is 6.83. The minimum Gasteiger partial charge on any atom is -0.399 e. The van der Waals surface area contributed by atoms with E-state index in [2.05, 4.69) is 5.32 Å². The van der Waals surface area contributed by atoms with Crippen LogP contribution < -0.4 is 11.1 Å². The molecule has 4 nitrogen and oxygen atoms in total. The lowest BCUT2D eigenvalue weighted by atomic mass is 10.2. The van der Waals surface area contributed by atoms with E-state index in [9.17, 15) is 4.79 Å². The summed E-state index contributed by atoms with van der Waals surface area (Å²) in [6.07, 6.45) is 1.93. The van der Waals surface area contributed by atoms with E-state index in [0.717, 1.165) is 22.2 Å². The predicted molar refractivity (Wildman–Crippen MR) is 86.2 cm³/mol. The fourth-order valence-corrected chi connectivity index (χ4v) is 2.40. The molecule has 0 atom stereocenters. The van der Waals surface area contributed by atoms with Gasteiger partial charge in [-0.05, 0) is 42.1 Å². The normalized spacial score (nSPS) is 10.7. The van der Waals surface area contributed by atoms with Gasteiger partial charge >= 0.3 is 0 Å². The van der Waals surface area contributed by atoms with Crippen molar-refractivity contribution in [1.82, 2.24) is 4.57 Å². The number of rotatable bonds is 3. The molecule has 0 saturated heterocycles. The monoisotopic (exact) mass is 279 g/mol. The molecule has 0 saturated carbocycles. The van der Waals surface area contributed by atoms with E-state index in [-0.39, 0.29) is 12.5 Å². The second-order valence-electron chi connectivity index (χ2n) is 5.12. The standard InChI is InChI=1S/C17H17N3O/c1-12-6-7-14(18)10-15(12)19-17(21)11-20-9-8-13-4-2-3-5-16(13)20/h2-10H,11,18H2,1H3,(H,19,21). The van der Waals surface area contributed by atoms with Crippen LogP contribution in [-0.2, 0) is 11.3 Å². The van der Waals surface area contributed by atoms with Gasteiger partial charge in [-0.2, -0.15) is 0 Å². The molecule has 0 fully saturated rings. The van der Waals surface area contributed by atoms with Gasteiger partial charge in [-0.3, -0.25) is 4.79 Å². The number of aryl methyl sites for hydroxylation is 1. The van der Waals surface area contributed by atoms with Gasteiger partial charge in [0, 0.05) is 23.1 Å². The average molecular weight is 279 g/mol. The number of nitrogens with one attached hydrogen (secondary N) is 1. The average Bonchev–Trinajstić information content (AvgIpc) is 2.86. The molecule has 3 N–H and O–H groups in total. The molecule has 1 heterocycles. The van der Waals surface area contributed by atoms with E-state index in [0.29, 0.717) is 5.69 Å². The number of anilines is 2. The van der Waals surface area contributed by atoms with Crippen LogP contribution in [0.1, 0.15) is 5.56 Å². The van der Waals surface area contributed by atoms with Crippen LogP contribution in [0.3, 0.4) is 0 Å². The van der Waals surface area contributed by atoms with Gasteiger partial charge < -0.3 is 15.6 Å². The Hall–Kier alpha value is -2.75. The second-order valence-corrected chi connectivity index (χ2v) is 5.12. The molecular formula is C17H17N3O. The van der Waals surface area contributed by atoms with Crippen LogP contribution >= 0.6 is 0 Å². The van der Waals surface area contributed by atoms with Gasteiger partial charge in [0.25, 0.3) is 0 Å². The molecule has 0 radical (unpaired) electrons. The molecule has 3 rings (SSSR count). The maximum absolute atomic E-state index is 12.2. The fourth-order valence-electron chi connectivity index (χ4n) is 2.40. The van der Waals surface area contributed by atoms with Crippen molar-refractivity contribution in [3.63, 3.8) is 0 Å². The molecule has 0 aliphatic rings. The van der Waals surface area contributed by atoms with Crippen molar-refractivity contribution in [2.45, 2.75) is 13.5 Å². The van der Waals surface area contributed by atoms with Crippen molar-refractivity contribution >= 4 is 28.2 Å². The number of hydrogen-bond acceptors (Lipinski definition) is 2. The third kappa shape index (κ3) is 2.74. The van der Waals surface area contributed by atoms with Crippen LogP contribution in [0.15, 0.2) is 54.7 Å². The number of fused-ring (bicyclic) bond motifs is 1. The van der Waals surface area contributed by atoms with Gasteiger partial charge in [0.1, 0.15) is 6.54 Å². The molecule has 1 aromatic heterocycles. The molecule has 2 aromatic carbocycles. The zero-order valence-corrected chi connectivity index (χ0v) is 11.8. The van der Waals surface area contributed by atoms with Gasteiger partial charge in [0.2, 0.25) is 5.91 Å². The lowest BCUT2D eigenvalue weighted by Crippen LogP contribution is -2.18. The number of nitrogens with zero attached hydrogens (tertiary/aromatic N) is 1. The van der Waals surface area contributed by atoms with Crippen molar-refractivity contribution < 1.29 is 4.79 Å². The minimum absolute atomic E-state index is 0.0648. The zero-order chi connectivity index (χ0) is 14.8. The first-order chi connectivity index (χ1) is 10.1. The largest absolute Gasteiger partial charge is 0.399 e. The number of nitrogen functional groups attached to an aromatic ring is 1. The smallest absolute Gasteiger partial charge is 0.244 e. The first kappa shape index (κ1) is 13.2. The summed E-state index contributed by atoms with van der Waals surface area (Å²) < 4.78 is 1.94. The number of hydrogen-bond donors (Lipinski definition) is 2. The Bertz CT molecular complexity index is 805. The predicted octanol–water partition coefficient (Wildman–Crippen LogP) is 3.17. The Morgan fingerprint density at radius 3 is 2.86 bits per heavy atom. The zero-order valence-electron chi connectivity index (χ0n) is 11.8. The molecule has 0 unspecified atom stereocenters. The van der Waals surface area contributed by atoms with Crippen molar-refractivity contribution in [2.75, 3.05) is 11.1 Å². The Labute approximate surface area is 123 Å². The highest BCUT2D eigenvalue weighted by atomic mass is 16.1. The molecule has 0 spiro atoms. The van der Waals surface area contributed by atoms with Crippen LogP contribution in [0, 0.1) is 6.92 Å². The van der Waals surface area contributed by atoms with Gasteiger partial charge in [0.05, 0.1) is 0 Å². The second kappa shape index (κ2) is 5.32. The number of amides is 1. The van der Waals surface area contributed by atoms with E-state index < -0.39 is 0 Å². The lowest BCUT2D eigenvalue weighted by Gasteiger charge is -2.10. The third-order valence-corrected chi connectivity index (χ3v) is 3.53. The number of aromatic nitrogens is 1. The fraction of sp³-hybridized carbons (Fsp3) is 0.118. The molecule has 106 valence electrons. The first-order valence-electron chi connectivity index (χ1n) is 6.83. The Morgan fingerprint density at radius 1 is 1.19 bits per heavy atom. The van der Waals surface area contributed by atoms with E-state index in [1.807, 2.05) is 60.2 Å². The highest BCUT2D eigenvalue weighted by molar-refractivity contribution is 5.93. The molecule has 0 aliphatic heterocycles. The quantitative estimate of drug-likeness (QED) is 0.723. The summed E-state index contributed by atoms with van der Waals surface area (Å²) in [7, 11) is 0. The maximum atomic E-state index is 12.2. The van der Waals surface area contributed by atoms with E-state index in [1.165, 1.54) is 0 Å². The van der Waals surface area contributed by atoms with Crippen molar-refractivity contribution in [3.8, 4) is 0 Å². The summed E-state index contributed by atoms with van der Waals surface area (Å²) in [4.78, 5) is 12.2. The Morgan fingerprint density at radius 2 is 2.00 bits per heavy atom. The summed E-state index contributed by atoms with van der Waals surface area (Å²) in [6, 6.07) is 15.5. The Kier molecular flexibility index (Phi) is 3.36. The van der Waals surface area contributed by atoms with Crippen molar-refractivity contribution in [1.29, 1.82) is 0 Å². The number of carbonyl (C=O) groups excluding carboxylic acids is 1. The van der Waals surface area contributed by atoms with Crippen LogP contribution in [0.5, 0.6) is 0 Å². The van der Waals surface area contributed by atoms with Crippen LogP contribution in [-0.4, -0.2) is 10.5 Å². The van der Waals surface area contributed by atoms with Gasteiger partial charge in [0.15, 0.2) is 0 Å². The van der Waals surface area contributed by atoms with Crippen molar-refractivity contribution in [3.05, 3.63) is 60.3 Å². The number of nitrogens with two attached hydrogens (primary N) is 1. The summed E-state index contributed by atoms with van der Waals surface area (Å²) in [5.41, 5.74) is 9.21. The number of carbonyl (C=O) groups is 1. The summed E-state index contributed by atoms with van der Waals surface area (Å²) in [6.45, 7) is 2.22. The minimum atomic E-state index is -0.0648. The van der Waals surface area contributed by atoms with Crippen LogP contribution in [0.25, 0.3) is 10.9 Å². The molecule has 3 aromatic rings. The maximum Gasteiger partial charge on any atom is 0.244 e. The summed E-state index contributed by atoms with van der Waals surface area (Å²) in [5, 5.41) is 4.04. The highest BCUT2D eigenvalue weighted by Gasteiger charge is 2.08. The van der Waals surface area contributed by atoms with E-state index in [1.54, 1.807) is 6.07 Å². The summed E-state index contributed by atoms with van der Waals surface area (Å²) in [5.74, 6) is -0.0648. The molecule has 1 amide bonds. The molecule has 0 aliphatic carbocycles. The van der Waals surface area contributed by atoms with Crippen LogP contribution in [0.2, 0.25) is 0 Å². The molecule has 4 heteroatoms. The summed E-state index contributed by atoms with van der Waals surface area (Å²) >= 11 is 0. The van der Waals surface area contributed by atoms with Gasteiger partial charge in [-0.15, -0.1) is 0 Å². The van der Waals surface area contributed by atoms with E-state index >= 15 is 0 Å². The lowest BCUT2D eigenvalue weighted by molar-refractivity contribution is -0.116. The number of para-hydroxylation sites is 1. The SMILES string of the molecule is Cc1ccc(N)cc1NC(=O)Cn1ccc2ccccc21. The van der Waals surface area contributed by atoms with Crippen LogP contribution in [0.4, 0.5) is 11.4 Å². The molecule has 0 bridgehead atoms. The van der Waals surface area contributed by atoms with Gasteiger partial charge in [-0.25, -0.2) is 0 Å². The molecule has 21 heavy (non-hydrogen) atoms. The van der Waals surface area contributed by atoms with E-state index in [4.69, 9.17) is 5.73 Å². The van der Waals surface area contributed by atoms with Gasteiger partial charge in [-0.1, -0.05) is 24.3 Å². The number of benzene rings is 2. The third-order valence-electron chi connectivity index (χ3n) is 3.53. The molecular weight excluding hydrogens is 262 g/mol. The topological polar surface area (TPSA) is 60.0 Å².